The Hall–Kier alpha value is -1.73. The summed E-state index contributed by atoms with van der Waals surface area (Å²) in [7, 11) is 1.84. The van der Waals surface area contributed by atoms with E-state index in [1.165, 1.54) is 6.33 Å². The van der Waals surface area contributed by atoms with E-state index in [0.29, 0.717) is 22.8 Å². The van der Waals surface area contributed by atoms with Crippen LogP contribution >= 0.6 is 23.4 Å². The lowest BCUT2D eigenvalue weighted by Crippen LogP contribution is -2.12. The number of hydrogen-bond acceptors (Lipinski definition) is 5. The third-order valence-corrected chi connectivity index (χ3v) is 4.09. The normalized spacial score (nSPS) is 10.6. The molecule has 0 aliphatic rings. The maximum atomic E-state index is 11.9. The fourth-order valence-electron chi connectivity index (χ4n) is 1.66. The number of carbonyl (C=O) groups is 1. The van der Waals surface area contributed by atoms with Gasteiger partial charge in [0.2, 0.25) is 5.91 Å². The lowest BCUT2D eigenvalue weighted by molar-refractivity contribution is -0.116. The van der Waals surface area contributed by atoms with Gasteiger partial charge < -0.3 is 11.1 Å². The second kappa shape index (κ2) is 7.33. The summed E-state index contributed by atoms with van der Waals surface area (Å²) in [5.74, 6) is 0.716. The topological polar surface area (TPSA) is 85.8 Å². The Morgan fingerprint density at radius 3 is 3.05 bits per heavy atom. The van der Waals surface area contributed by atoms with Crippen molar-refractivity contribution in [1.82, 2.24) is 14.8 Å². The van der Waals surface area contributed by atoms with Gasteiger partial charge in [-0.05, 0) is 24.6 Å². The van der Waals surface area contributed by atoms with Gasteiger partial charge in [0.05, 0.1) is 11.4 Å². The number of anilines is 2. The van der Waals surface area contributed by atoms with E-state index in [1.54, 1.807) is 34.6 Å². The number of nitrogens with one attached hydrogen (secondary N) is 1. The molecule has 2 rings (SSSR count). The molecule has 0 bridgehead atoms. The van der Waals surface area contributed by atoms with Crippen LogP contribution in [0.5, 0.6) is 0 Å². The van der Waals surface area contributed by atoms with Gasteiger partial charge in [0.25, 0.3) is 0 Å². The third kappa shape index (κ3) is 4.64. The summed E-state index contributed by atoms with van der Waals surface area (Å²) in [6.45, 7) is 0. The molecule has 21 heavy (non-hydrogen) atoms. The van der Waals surface area contributed by atoms with Gasteiger partial charge >= 0.3 is 0 Å². The lowest BCUT2D eigenvalue weighted by Gasteiger charge is -2.08. The standard InChI is InChI=1S/C13H16ClN5OS/c1-19-13(16-8-17-19)21-6-2-3-12(20)18-11-7-9(14)4-5-10(11)15/h4-5,7-8H,2-3,6,15H2,1H3,(H,18,20). The Labute approximate surface area is 132 Å². The molecular weight excluding hydrogens is 310 g/mol. The fraction of sp³-hybridized carbons (Fsp3) is 0.308. The predicted octanol–water partition coefficient (Wildman–Crippen LogP) is 2.56. The first-order valence-electron chi connectivity index (χ1n) is 6.38. The van der Waals surface area contributed by atoms with Crippen LogP contribution in [-0.4, -0.2) is 26.4 Å². The van der Waals surface area contributed by atoms with Gasteiger partial charge in [0, 0.05) is 24.2 Å². The number of hydrogen-bond donors (Lipinski definition) is 2. The Morgan fingerprint density at radius 1 is 1.52 bits per heavy atom. The van der Waals surface area contributed by atoms with E-state index < -0.39 is 0 Å². The molecule has 0 aliphatic heterocycles. The molecule has 0 unspecified atom stereocenters. The Bertz CT molecular complexity index is 631. The van der Waals surface area contributed by atoms with Crippen molar-refractivity contribution in [3.8, 4) is 0 Å². The van der Waals surface area contributed by atoms with Crippen molar-refractivity contribution in [1.29, 1.82) is 0 Å². The summed E-state index contributed by atoms with van der Waals surface area (Å²) < 4.78 is 1.71. The van der Waals surface area contributed by atoms with E-state index in [0.717, 1.165) is 17.3 Å². The minimum absolute atomic E-state index is 0.0810. The number of nitrogens with two attached hydrogens (primary N) is 1. The summed E-state index contributed by atoms with van der Waals surface area (Å²) in [4.78, 5) is 16.0. The zero-order chi connectivity index (χ0) is 15.2. The molecule has 6 nitrogen and oxygen atoms in total. The second-order valence-electron chi connectivity index (χ2n) is 4.40. The van der Waals surface area contributed by atoms with Crippen LogP contribution in [0.25, 0.3) is 0 Å². The predicted molar refractivity (Wildman–Crippen MR) is 85.5 cm³/mol. The SMILES string of the molecule is Cn1ncnc1SCCCC(=O)Nc1cc(Cl)ccc1N. The van der Waals surface area contributed by atoms with Gasteiger partial charge in [0.1, 0.15) is 6.33 Å². The molecule has 0 fully saturated rings. The van der Waals surface area contributed by atoms with Gasteiger partial charge in [0.15, 0.2) is 5.16 Å². The molecule has 3 N–H and O–H groups in total. The highest BCUT2D eigenvalue weighted by Crippen LogP contribution is 2.23. The number of aromatic nitrogens is 3. The van der Waals surface area contributed by atoms with Gasteiger partial charge in [-0.15, -0.1) is 0 Å². The largest absolute Gasteiger partial charge is 0.397 e. The summed E-state index contributed by atoms with van der Waals surface area (Å²) in [6.07, 6.45) is 2.66. The van der Waals surface area contributed by atoms with Gasteiger partial charge in [-0.3, -0.25) is 4.79 Å². The van der Waals surface area contributed by atoms with Crippen molar-refractivity contribution in [3.63, 3.8) is 0 Å². The highest BCUT2D eigenvalue weighted by atomic mass is 35.5. The van der Waals surface area contributed by atoms with Gasteiger partial charge in [-0.25, -0.2) is 9.67 Å². The van der Waals surface area contributed by atoms with E-state index in [1.807, 2.05) is 7.05 Å². The lowest BCUT2D eigenvalue weighted by atomic mass is 10.2. The van der Waals surface area contributed by atoms with Crippen LogP contribution in [0, 0.1) is 0 Å². The van der Waals surface area contributed by atoms with E-state index >= 15 is 0 Å². The van der Waals surface area contributed by atoms with Crippen molar-refractivity contribution in [2.45, 2.75) is 18.0 Å². The summed E-state index contributed by atoms with van der Waals surface area (Å²) >= 11 is 7.44. The average molecular weight is 326 g/mol. The van der Waals surface area contributed by atoms with E-state index in [-0.39, 0.29) is 5.91 Å². The molecule has 0 radical (unpaired) electrons. The van der Waals surface area contributed by atoms with Crippen molar-refractivity contribution in [2.24, 2.45) is 7.05 Å². The number of nitrogens with zero attached hydrogens (tertiary/aromatic N) is 3. The van der Waals surface area contributed by atoms with Crippen LogP contribution in [0.1, 0.15) is 12.8 Å². The van der Waals surface area contributed by atoms with Crippen molar-refractivity contribution in [3.05, 3.63) is 29.5 Å². The van der Waals surface area contributed by atoms with Gasteiger partial charge in [-0.2, -0.15) is 5.10 Å². The Kier molecular flexibility index (Phi) is 5.46. The van der Waals surface area contributed by atoms with Crippen LogP contribution in [-0.2, 0) is 11.8 Å². The number of thioether (sulfide) groups is 1. The minimum Gasteiger partial charge on any atom is -0.397 e. The van der Waals surface area contributed by atoms with Crippen LogP contribution in [0.15, 0.2) is 29.7 Å². The first-order valence-corrected chi connectivity index (χ1v) is 7.74. The zero-order valence-electron chi connectivity index (χ0n) is 11.5. The molecule has 112 valence electrons. The molecule has 1 heterocycles. The Balaban J connectivity index is 1.75. The highest BCUT2D eigenvalue weighted by Gasteiger charge is 2.07. The van der Waals surface area contributed by atoms with Crippen LogP contribution in [0.3, 0.4) is 0 Å². The summed E-state index contributed by atoms with van der Waals surface area (Å²) in [6, 6.07) is 5.00. The van der Waals surface area contributed by atoms with E-state index in [4.69, 9.17) is 17.3 Å². The monoisotopic (exact) mass is 325 g/mol. The first-order chi connectivity index (χ1) is 10.1. The van der Waals surface area contributed by atoms with Crippen LogP contribution in [0.4, 0.5) is 11.4 Å². The number of halogens is 1. The van der Waals surface area contributed by atoms with Crippen LogP contribution < -0.4 is 11.1 Å². The summed E-state index contributed by atoms with van der Waals surface area (Å²) in [5, 5.41) is 8.13. The Morgan fingerprint density at radius 2 is 2.33 bits per heavy atom. The summed E-state index contributed by atoms with van der Waals surface area (Å²) in [5.41, 5.74) is 6.83. The number of carbonyl (C=O) groups excluding carboxylic acids is 1. The second-order valence-corrected chi connectivity index (χ2v) is 5.90. The smallest absolute Gasteiger partial charge is 0.224 e. The molecule has 1 amide bonds. The fourth-order valence-corrected chi connectivity index (χ4v) is 2.66. The minimum atomic E-state index is -0.0810. The van der Waals surface area contributed by atoms with Crippen molar-refractivity contribution >= 4 is 40.6 Å². The third-order valence-electron chi connectivity index (χ3n) is 2.74. The number of aryl methyl sites for hydroxylation is 1. The quantitative estimate of drug-likeness (QED) is 0.484. The number of benzene rings is 1. The molecule has 1 aromatic carbocycles. The van der Waals surface area contributed by atoms with Crippen molar-refractivity contribution in [2.75, 3.05) is 16.8 Å². The number of rotatable bonds is 6. The van der Waals surface area contributed by atoms with Gasteiger partial charge in [-0.1, -0.05) is 23.4 Å². The molecule has 2 aromatic rings. The maximum absolute atomic E-state index is 11.9. The average Bonchev–Trinajstić information content (AvgIpc) is 2.84. The van der Waals surface area contributed by atoms with Crippen LogP contribution in [0.2, 0.25) is 5.02 Å². The van der Waals surface area contributed by atoms with E-state index in [9.17, 15) is 4.79 Å². The maximum Gasteiger partial charge on any atom is 0.224 e. The first kappa shape index (κ1) is 15.7. The van der Waals surface area contributed by atoms with Crippen molar-refractivity contribution < 1.29 is 4.79 Å². The molecule has 0 atom stereocenters. The molecule has 0 saturated carbocycles. The number of nitrogen functional groups attached to an aromatic ring is 1. The molecule has 0 aliphatic carbocycles. The zero-order valence-corrected chi connectivity index (χ0v) is 13.1. The molecule has 8 heteroatoms. The molecule has 0 saturated heterocycles. The number of amides is 1. The molecular formula is C13H16ClN5OS. The van der Waals surface area contributed by atoms with E-state index in [2.05, 4.69) is 15.4 Å². The highest BCUT2D eigenvalue weighted by molar-refractivity contribution is 7.99. The molecule has 1 aromatic heterocycles. The molecule has 0 spiro atoms.